The molecular formula is C11H7N3O3. The van der Waals surface area contributed by atoms with Crippen LogP contribution < -0.4 is 11.4 Å². The van der Waals surface area contributed by atoms with Gasteiger partial charge in [-0.3, -0.25) is 0 Å². The molecular weight excluding hydrogens is 222 g/mol. The lowest BCUT2D eigenvalue weighted by Gasteiger charge is -2.02. The second kappa shape index (κ2) is 3.44. The molecule has 0 aliphatic carbocycles. The largest absolute Gasteiger partial charge is 0.431 e. The van der Waals surface area contributed by atoms with Crippen LogP contribution in [0.25, 0.3) is 11.5 Å². The number of hydrogen-bond donors (Lipinski definition) is 0. The topological polar surface area (TPSA) is 69.5 Å². The maximum Gasteiger partial charge on any atom is 0.360 e. The Labute approximate surface area is 94.4 Å². The van der Waals surface area contributed by atoms with Gasteiger partial charge in [0, 0.05) is 0 Å². The van der Waals surface area contributed by atoms with Gasteiger partial charge in [0.1, 0.15) is 6.26 Å². The van der Waals surface area contributed by atoms with Crippen molar-refractivity contribution in [2.45, 2.75) is 0 Å². The van der Waals surface area contributed by atoms with Gasteiger partial charge in [-0.2, -0.15) is 0 Å². The molecule has 0 saturated carbocycles. The van der Waals surface area contributed by atoms with Crippen molar-refractivity contribution < 1.29 is 4.42 Å². The summed E-state index contributed by atoms with van der Waals surface area (Å²) in [6.45, 7) is 0. The van der Waals surface area contributed by atoms with Crippen LogP contribution >= 0.6 is 0 Å². The molecule has 0 radical (unpaired) electrons. The highest BCUT2D eigenvalue weighted by atomic mass is 16.3. The Bertz CT molecular complexity index is 783. The Morgan fingerprint density at radius 2 is 1.88 bits per heavy atom. The fourth-order valence-corrected chi connectivity index (χ4v) is 1.62. The molecule has 0 N–H and O–H groups in total. The van der Waals surface area contributed by atoms with E-state index in [0.29, 0.717) is 5.69 Å². The van der Waals surface area contributed by atoms with Crippen molar-refractivity contribution in [3.8, 4) is 5.69 Å². The second-order valence-electron chi connectivity index (χ2n) is 3.40. The van der Waals surface area contributed by atoms with Crippen LogP contribution in [-0.4, -0.2) is 14.0 Å². The molecule has 0 atom stereocenters. The summed E-state index contributed by atoms with van der Waals surface area (Å²) in [5.41, 5.74) is -0.679. The number of oxazole rings is 1. The van der Waals surface area contributed by atoms with Crippen LogP contribution in [0.5, 0.6) is 0 Å². The molecule has 17 heavy (non-hydrogen) atoms. The van der Waals surface area contributed by atoms with E-state index in [4.69, 9.17) is 4.42 Å². The first kappa shape index (κ1) is 9.59. The predicted molar refractivity (Wildman–Crippen MR) is 59.3 cm³/mol. The van der Waals surface area contributed by atoms with Gasteiger partial charge in [0.05, 0.1) is 11.9 Å². The van der Waals surface area contributed by atoms with Crippen molar-refractivity contribution in [1.29, 1.82) is 0 Å². The van der Waals surface area contributed by atoms with Crippen LogP contribution in [0.4, 0.5) is 0 Å². The molecule has 1 aromatic carbocycles. The third-order valence-corrected chi connectivity index (χ3v) is 2.38. The third-order valence-electron chi connectivity index (χ3n) is 2.38. The minimum atomic E-state index is -0.656. The number of fused-ring (bicyclic) bond motifs is 1. The Morgan fingerprint density at radius 3 is 2.65 bits per heavy atom. The first-order chi connectivity index (χ1) is 8.27. The number of aromatic nitrogens is 3. The standard InChI is InChI=1S/C11H7N3O3/c15-9-12-10-13(6-7-17-10)11(16)14(9)8-4-2-1-3-5-8/h1-7H. The van der Waals surface area contributed by atoms with Crippen LogP contribution in [-0.2, 0) is 0 Å². The summed E-state index contributed by atoms with van der Waals surface area (Å²) in [5.74, 6) is -0.00724. The van der Waals surface area contributed by atoms with Gasteiger partial charge < -0.3 is 4.42 Å². The molecule has 2 aromatic heterocycles. The Morgan fingerprint density at radius 1 is 1.12 bits per heavy atom. The van der Waals surface area contributed by atoms with E-state index < -0.39 is 11.4 Å². The van der Waals surface area contributed by atoms with Gasteiger partial charge >= 0.3 is 17.2 Å². The summed E-state index contributed by atoms with van der Waals surface area (Å²) in [5, 5.41) is 0. The Kier molecular flexibility index (Phi) is 1.94. The van der Waals surface area contributed by atoms with E-state index in [9.17, 15) is 9.59 Å². The van der Waals surface area contributed by atoms with Crippen molar-refractivity contribution in [3.63, 3.8) is 0 Å². The summed E-state index contributed by atoms with van der Waals surface area (Å²) >= 11 is 0. The molecule has 84 valence electrons. The van der Waals surface area contributed by atoms with Crippen LogP contribution in [0.15, 0.2) is 56.8 Å². The van der Waals surface area contributed by atoms with Crippen molar-refractivity contribution in [3.05, 3.63) is 63.8 Å². The molecule has 6 nitrogen and oxygen atoms in total. The molecule has 2 heterocycles. The fraction of sp³-hybridized carbons (Fsp3) is 0. The zero-order valence-electron chi connectivity index (χ0n) is 8.61. The van der Waals surface area contributed by atoms with Crippen LogP contribution in [0.3, 0.4) is 0 Å². The smallest absolute Gasteiger partial charge is 0.360 e. The van der Waals surface area contributed by atoms with Crippen molar-refractivity contribution >= 4 is 5.84 Å². The van der Waals surface area contributed by atoms with E-state index in [1.165, 1.54) is 16.9 Å². The number of rotatable bonds is 1. The molecule has 0 aliphatic rings. The predicted octanol–water partition coefficient (Wildman–Crippen LogP) is 0.438. The monoisotopic (exact) mass is 229 g/mol. The number of nitrogens with zero attached hydrogens (tertiary/aromatic N) is 3. The Balaban J connectivity index is 2.45. The average Bonchev–Trinajstić information content (AvgIpc) is 2.78. The molecule has 0 saturated heterocycles. The lowest BCUT2D eigenvalue weighted by molar-refractivity contribution is 0.579. The third kappa shape index (κ3) is 1.38. The summed E-state index contributed by atoms with van der Waals surface area (Å²) in [7, 11) is 0. The van der Waals surface area contributed by atoms with Crippen molar-refractivity contribution in [2.75, 3.05) is 0 Å². The highest BCUT2D eigenvalue weighted by Gasteiger charge is 2.10. The molecule has 0 amide bonds. The van der Waals surface area contributed by atoms with Gasteiger partial charge in [0.25, 0.3) is 0 Å². The first-order valence-corrected chi connectivity index (χ1v) is 4.92. The summed E-state index contributed by atoms with van der Waals surface area (Å²) < 4.78 is 7.07. The quantitative estimate of drug-likeness (QED) is 0.607. The molecule has 0 spiro atoms. The van der Waals surface area contributed by atoms with Gasteiger partial charge in [-0.05, 0) is 12.1 Å². The highest BCUT2D eigenvalue weighted by Crippen LogP contribution is 2.01. The molecule has 0 fully saturated rings. The number of para-hydroxylation sites is 1. The lowest BCUT2D eigenvalue weighted by Crippen LogP contribution is -2.37. The maximum absolute atomic E-state index is 12.0. The number of hydrogen-bond acceptors (Lipinski definition) is 4. The van der Waals surface area contributed by atoms with Crippen LogP contribution in [0.2, 0.25) is 0 Å². The van der Waals surface area contributed by atoms with E-state index in [1.807, 2.05) is 0 Å². The van der Waals surface area contributed by atoms with Gasteiger partial charge in [0.2, 0.25) is 0 Å². The van der Waals surface area contributed by atoms with E-state index >= 15 is 0 Å². The average molecular weight is 229 g/mol. The second-order valence-corrected chi connectivity index (χ2v) is 3.40. The molecule has 0 aliphatic heterocycles. The molecule has 3 rings (SSSR count). The molecule has 6 heteroatoms. The molecule has 0 bridgehead atoms. The van der Waals surface area contributed by atoms with Crippen molar-refractivity contribution in [1.82, 2.24) is 14.0 Å². The van der Waals surface area contributed by atoms with Gasteiger partial charge in [-0.25, -0.2) is 18.6 Å². The summed E-state index contributed by atoms with van der Waals surface area (Å²) in [4.78, 5) is 27.4. The highest BCUT2D eigenvalue weighted by molar-refractivity contribution is 5.32. The summed E-state index contributed by atoms with van der Waals surface area (Å²) in [6.07, 6.45) is 2.72. The number of benzene rings is 1. The Hall–Kier alpha value is -2.63. The summed E-state index contributed by atoms with van der Waals surface area (Å²) in [6, 6.07) is 8.61. The van der Waals surface area contributed by atoms with E-state index in [0.717, 1.165) is 4.57 Å². The van der Waals surface area contributed by atoms with E-state index in [1.54, 1.807) is 30.3 Å². The maximum atomic E-state index is 12.0. The van der Waals surface area contributed by atoms with Gasteiger partial charge in [-0.15, -0.1) is 4.98 Å². The van der Waals surface area contributed by atoms with E-state index in [-0.39, 0.29) is 5.84 Å². The lowest BCUT2D eigenvalue weighted by atomic mass is 10.3. The molecule has 3 aromatic rings. The normalized spacial score (nSPS) is 10.8. The van der Waals surface area contributed by atoms with E-state index in [2.05, 4.69) is 4.98 Å². The van der Waals surface area contributed by atoms with Crippen molar-refractivity contribution in [2.24, 2.45) is 0 Å². The fourth-order valence-electron chi connectivity index (χ4n) is 1.62. The zero-order valence-corrected chi connectivity index (χ0v) is 8.61. The van der Waals surface area contributed by atoms with Crippen LogP contribution in [0, 0.1) is 0 Å². The van der Waals surface area contributed by atoms with Gasteiger partial charge in [-0.1, -0.05) is 18.2 Å². The minimum Gasteiger partial charge on any atom is -0.431 e. The van der Waals surface area contributed by atoms with Crippen LogP contribution in [0.1, 0.15) is 0 Å². The van der Waals surface area contributed by atoms with Gasteiger partial charge in [0.15, 0.2) is 0 Å². The zero-order chi connectivity index (χ0) is 11.8. The molecule has 0 unspecified atom stereocenters. The minimum absolute atomic E-state index is 0.00724. The SMILES string of the molecule is O=c1nc2occn2c(=O)n1-c1ccccc1. The first-order valence-electron chi connectivity index (χ1n) is 4.92.